The van der Waals surface area contributed by atoms with Crippen molar-refractivity contribution in [3.63, 3.8) is 0 Å². The second-order valence-corrected chi connectivity index (χ2v) is 6.01. The van der Waals surface area contributed by atoms with Crippen LogP contribution in [0, 0.1) is 0 Å². The largest absolute Gasteiger partial charge is 0.329 e. The van der Waals surface area contributed by atoms with Crippen molar-refractivity contribution < 1.29 is 0 Å². The number of rotatable bonds is 5. The van der Waals surface area contributed by atoms with Gasteiger partial charge in [-0.05, 0) is 34.6 Å². The van der Waals surface area contributed by atoms with E-state index in [-0.39, 0.29) is 0 Å². The average molecular weight is 300 g/mol. The van der Waals surface area contributed by atoms with Crippen molar-refractivity contribution in [1.82, 2.24) is 14.9 Å². The average Bonchev–Trinajstić information content (AvgIpc) is 2.86. The first-order valence-corrected chi connectivity index (χ1v) is 6.85. The van der Waals surface area contributed by atoms with E-state index in [1.54, 1.807) is 11.3 Å². The highest BCUT2D eigenvalue weighted by molar-refractivity contribution is 9.11. The quantitative estimate of drug-likeness (QED) is 0.920. The molecule has 5 heteroatoms. The molecule has 1 N–H and O–H groups in total. The second kappa shape index (κ2) is 5.61. The van der Waals surface area contributed by atoms with Gasteiger partial charge in [0.1, 0.15) is 5.82 Å². The lowest BCUT2D eigenvalue weighted by molar-refractivity contribution is 0.642. The molecule has 0 saturated heterocycles. The van der Waals surface area contributed by atoms with E-state index in [2.05, 4.69) is 49.9 Å². The van der Waals surface area contributed by atoms with Gasteiger partial charge in [-0.3, -0.25) is 0 Å². The molecule has 0 aliphatic heterocycles. The molecule has 3 nitrogen and oxygen atoms in total. The molecule has 2 rings (SSSR count). The van der Waals surface area contributed by atoms with Crippen LogP contribution in [0.25, 0.3) is 0 Å². The standard InChI is InChI=1S/C11H14BrN3S/c1-2-13-7-11-14-5-6-15(11)8-9-3-4-10(12)16-9/h3-6,13H,2,7-8H2,1H3. The fourth-order valence-electron chi connectivity index (χ4n) is 1.49. The van der Waals surface area contributed by atoms with E-state index < -0.39 is 0 Å². The summed E-state index contributed by atoms with van der Waals surface area (Å²) in [7, 11) is 0. The Morgan fingerprint density at radius 1 is 1.50 bits per heavy atom. The molecule has 86 valence electrons. The minimum atomic E-state index is 0.829. The Labute approximate surface area is 108 Å². The van der Waals surface area contributed by atoms with Crippen LogP contribution < -0.4 is 5.32 Å². The van der Waals surface area contributed by atoms with Crippen molar-refractivity contribution in [3.8, 4) is 0 Å². The summed E-state index contributed by atoms with van der Waals surface area (Å²) in [5.41, 5.74) is 0. The maximum absolute atomic E-state index is 4.35. The summed E-state index contributed by atoms with van der Waals surface area (Å²) in [5, 5.41) is 3.29. The minimum absolute atomic E-state index is 0.829. The normalized spacial score (nSPS) is 10.9. The van der Waals surface area contributed by atoms with E-state index in [0.717, 1.165) is 25.5 Å². The highest BCUT2D eigenvalue weighted by Gasteiger charge is 2.04. The molecular weight excluding hydrogens is 286 g/mol. The van der Waals surface area contributed by atoms with Crippen molar-refractivity contribution in [3.05, 3.63) is 39.0 Å². The SMILES string of the molecule is CCNCc1nccn1Cc1ccc(Br)s1. The summed E-state index contributed by atoms with van der Waals surface area (Å²) in [6, 6.07) is 4.23. The summed E-state index contributed by atoms with van der Waals surface area (Å²) in [6.07, 6.45) is 3.88. The van der Waals surface area contributed by atoms with Crippen LogP contribution in [-0.4, -0.2) is 16.1 Å². The summed E-state index contributed by atoms with van der Waals surface area (Å²) in [4.78, 5) is 5.69. The van der Waals surface area contributed by atoms with Crippen molar-refractivity contribution in [2.24, 2.45) is 0 Å². The first-order valence-electron chi connectivity index (χ1n) is 5.24. The van der Waals surface area contributed by atoms with Gasteiger partial charge in [-0.15, -0.1) is 11.3 Å². The Morgan fingerprint density at radius 3 is 3.06 bits per heavy atom. The molecule has 0 spiro atoms. The molecule has 16 heavy (non-hydrogen) atoms. The van der Waals surface area contributed by atoms with Gasteiger partial charge in [-0.25, -0.2) is 4.98 Å². The third-order valence-corrected chi connectivity index (χ3v) is 3.90. The van der Waals surface area contributed by atoms with Gasteiger partial charge in [0, 0.05) is 17.3 Å². The third kappa shape index (κ3) is 2.93. The number of hydrogen-bond donors (Lipinski definition) is 1. The first-order chi connectivity index (χ1) is 7.79. The Morgan fingerprint density at radius 2 is 2.38 bits per heavy atom. The van der Waals surface area contributed by atoms with Gasteiger partial charge in [-0.2, -0.15) is 0 Å². The van der Waals surface area contributed by atoms with E-state index in [1.807, 2.05) is 12.4 Å². The summed E-state index contributed by atoms with van der Waals surface area (Å²) in [6.45, 7) is 4.80. The molecule has 0 radical (unpaired) electrons. The molecule has 0 aromatic carbocycles. The minimum Gasteiger partial charge on any atom is -0.329 e. The molecule has 2 heterocycles. The lowest BCUT2D eigenvalue weighted by Gasteiger charge is -2.06. The number of hydrogen-bond acceptors (Lipinski definition) is 3. The predicted molar refractivity (Wildman–Crippen MR) is 70.7 cm³/mol. The highest BCUT2D eigenvalue weighted by atomic mass is 79.9. The maximum Gasteiger partial charge on any atom is 0.122 e. The Kier molecular flexibility index (Phi) is 4.15. The molecule has 0 aliphatic carbocycles. The van der Waals surface area contributed by atoms with Crippen LogP contribution in [0.1, 0.15) is 17.6 Å². The van der Waals surface area contributed by atoms with Crippen molar-refractivity contribution in [2.75, 3.05) is 6.54 Å². The van der Waals surface area contributed by atoms with Crippen molar-refractivity contribution >= 4 is 27.3 Å². The molecule has 0 aliphatic rings. The van der Waals surface area contributed by atoms with Gasteiger partial charge in [0.2, 0.25) is 0 Å². The topological polar surface area (TPSA) is 29.9 Å². The van der Waals surface area contributed by atoms with Gasteiger partial charge >= 0.3 is 0 Å². The fourth-order valence-corrected chi connectivity index (χ4v) is 2.97. The summed E-state index contributed by atoms with van der Waals surface area (Å²) in [5.74, 6) is 1.09. The molecule has 0 atom stereocenters. The number of thiophene rings is 1. The zero-order chi connectivity index (χ0) is 11.4. The van der Waals surface area contributed by atoms with Gasteiger partial charge < -0.3 is 9.88 Å². The Hall–Kier alpha value is -0.650. The Balaban J connectivity index is 2.06. The van der Waals surface area contributed by atoms with Crippen molar-refractivity contribution in [2.45, 2.75) is 20.0 Å². The maximum atomic E-state index is 4.35. The zero-order valence-electron chi connectivity index (χ0n) is 9.11. The number of halogens is 1. The van der Waals surface area contributed by atoms with Crippen LogP contribution in [0.15, 0.2) is 28.3 Å². The van der Waals surface area contributed by atoms with Crippen LogP contribution >= 0.6 is 27.3 Å². The van der Waals surface area contributed by atoms with Crippen LogP contribution in [-0.2, 0) is 13.1 Å². The monoisotopic (exact) mass is 299 g/mol. The van der Waals surface area contributed by atoms with Crippen LogP contribution in [0.3, 0.4) is 0 Å². The summed E-state index contributed by atoms with van der Waals surface area (Å²) < 4.78 is 3.36. The smallest absolute Gasteiger partial charge is 0.122 e. The second-order valence-electron chi connectivity index (χ2n) is 3.46. The Bertz CT molecular complexity index is 450. The zero-order valence-corrected chi connectivity index (χ0v) is 11.5. The van der Waals surface area contributed by atoms with E-state index >= 15 is 0 Å². The van der Waals surface area contributed by atoms with Crippen molar-refractivity contribution in [1.29, 1.82) is 0 Å². The number of nitrogens with one attached hydrogen (secondary N) is 1. The molecule has 0 bridgehead atoms. The van der Waals surface area contributed by atoms with E-state index in [4.69, 9.17) is 0 Å². The van der Waals surface area contributed by atoms with Gasteiger partial charge in [0.15, 0.2) is 0 Å². The predicted octanol–water partition coefficient (Wildman–Crippen LogP) is 2.86. The lowest BCUT2D eigenvalue weighted by atomic mass is 10.4. The molecule has 0 amide bonds. The van der Waals surface area contributed by atoms with Gasteiger partial charge in [-0.1, -0.05) is 6.92 Å². The molecule has 0 unspecified atom stereocenters. The highest BCUT2D eigenvalue weighted by Crippen LogP contribution is 2.23. The lowest BCUT2D eigenvalue weighted by Crippen LogP contribution is -2.16. The fraction of sp³-hybridized carbons (Fsp3) is 0.364. The first kappa shape index (κ1) is 11.8. The molecular formula is C11H14BrN3S. The van der Waals surface area contributed by atoms with Gasteiger partial charge in [0.05, 0.1) is 16.9 Å². The van der Waals surface area contributed by atoms with E-state index in [0.29, 0.717) is 0 Å². The van der Waals surface area contributed by atoms with E-state index in [1.165, 1.54) is 8.66 Å². The van der Waals surface area contributed by atoms with Gasteiger partial charge in [0.25, 0.3) is 0 Å². The molecule has 0 saturated carbocycles. The van der Waals surface area contributed by atoms with Crippen LogP contribution in [0.2, 0.25) is 0 Å². The number of imidazole rings is 1. The number of aromatic nitrogens is 2. The number of nitrogens with zero attached hydrogens (tertiary/aromatic N) is 2. The van der Waals surface area contributed by atoms with E-state index in [9.17, 15) is 0 Å². The van der Waals surface area contributed by atoms with Crippen LogP contribution in [0.5, 0.6) is 0 Å². The molecule has 2 aromatic heterocycles. The summed E-state index contributed by atoms with van der Waals surface area (Å²) >= 11 is 5.24. The van der Waals surface area contributed by atoms with Crippen LogP contribution in [0.4, 0.5) is 0 Å². The third-order valence-electron chi connectivity index (χ3n) is 2.29. The molecule has 0 fully saturated rings. The molecule has 2 aromatic rings.